The highest BCUT2D eigenvalue weighted by molar-refractivity contribution is 7.89. The Bertz CT molecular complexity index is 973. The summed E-state index contributed by atoms with van der Waals surface area (Å²) in [5.74, 6) is 0.652. The summed E-state index contributed by atoms with van der Waals surface area (Å²) >= 11 is 0. The molecule has 1 amide bonds. The van der Waals surface area contributed by atoms with Crippen LogP contribution in [0.2, 0.25) is 0 Å². The number of nitrogens with zero attached hydrogens (tertiary/aromatic N) is 1. The van der Waals surface area contributed by atoms with Gasteiger partial charge in [0.25, 0.3) is 5.91 Å². The van der Waals surface area contributed by atoms with Crippen LogP contribution < -0.4 is 14.8 Å². The molecule has 1 heterocycles. The third kappa shape index (κ3) is 5.77. The standard InChI is InChI=1S/C23H30N2O5S/c1-3-21(30-18-11-7-5-8-12-18)23(26)24-20-17-19(13-14-22(20)29-4-2)31(27,28)25-15-9-6-10-16-25/h5,7-8,11-14,17,21H,3-4,6,9-10,15-16H2,1-2H3,(H,24,26). The van der Waals surface area contributed by atoms with Gasteiger partial charge in [0.1, 0.15) is 11.5 Å². The van der Waals surface area contributed by atoms with Crippen LogP contribution in [0, 0.1) is 0 Å². The molecule has 1 fully saturated rings. The Labute approximate surface area is 184 Å². The van der Waals surface area contributed by atoms with Gasteiger partial charge < -0.3 is 14.8 Å². The number of sulfonamides is 1. The maximum atomic E-state index is 13.1. The second kappa shape index (κ2) is 10.6. The molecule has 0 aromatic heterocycles. The number of carbonyl (C=O) groups excluding carboxylic acids is 1. The second-order valence-corrected chi connectivity index (χ2v) is 9.31. The highest BCUT2D eigenvalue weighted by atomic mass is 32.2. The van der Waals surface area contributed by atoms with Crippen molar-refractivity contribution in [2.75, 3.05) is 25.0 Å². The summed E-state index contributed by atoms with van der Waals surface area (Å²) < 4.78 is 39.1. The number of benzene rings is 2. The molecule has 7 nitrogen and oxygen atoms in total. The van der Waals surface area contributed by atoms with E-state index in [9.17, 15) is 13.2 Å². The van der Waals surface area contributed by atoms with Crippen LogP contribution in [0.3, 0.4) is 0 Å². The topological polar surface area (TPSA) is 84.9 Å². The van der Waals surface area contributed by atoms with Crippen LogP contribution in [-0.4, -0.2) is 44.4 Å². The number of nitrogens with one attached hydrogen (secondary N) is 1. The van der Waals surface area contributed by atoms with E-state index in [1.54, 1.807) is 18.2 Å². The van der Waals surface area contributed by atoms with Crippen molar-refractivity contribution in [1.29, 1.82) is 0 Å². The third-order valence-corrected chi connectivity index (χ3v) is 7.04. The first-order valence-electron chi connectivity index (χ1n) is 10.7. The number of ether oxygens (including phenoxy) is 2. The average molecular weight is 447 g/mol. The normalized spacial score (nSPS) is 15.8. The number of carbonyl (C=O) groups is 1. The molecule has 31 heavy (non-hydrogen) atoms. The summed E-state index contributed by atoms with van der Waals surface area (Å²) in [7, 11) is -3.63. The average Bonchev–Trinajstić information content (AvgIpc) is 2.80. The zero-order valence-corrected chi connectivity index (χ0v) is 18.9. The zero-order chi connectivity index (χ0) is 22.3. The molecule has 168 valence electrons. The van der Waals surface area contributed by atoms with E-state index in [-0.39, 0.29) is 10.8 Å². The van der Waals surface area contributed by atoms with Gasteiger partial charge in [-0.1, -0.05) is 31.5 Å². The maximum absolute atomic E-state index is 13.1. The molecule has 0 saturated carbocycles. The molecular formula is C23H30N2O5S. The van der Waals surface area contributed by atoms with E-state index >= 15 is 0 Å². The van der Waals surface area contributed by atoms with Gasteiger partial charge in [-0.3, -0.25) is 4.79 Å². The predicted octanol–water partition coefficient (Wildman–Crippen LogP) is 4.06. The first-order chi connectivity index (χ1) is 15.0. The van der Waals surface area contributed by atoms with Gasteiger partial charge in [-0.2, -0.15) is 4.31 Å². The minimum Gasteiger partial charge on any atom is -0.492 e. The Kier molecular flexibility index (Phi) is 7.92. The molecule has 0 spiro atoms. The fourth-order valence-electron chi connectivity index (χ4n) is 3.50. The molecule has 0 bridgehead atoms. The van der Waals surface area contributed by atoms with Crippen molar-refractivity contribution in [1.82, 2.24) is 4.31 Å². The van der Waals surface area contributed by atoms with Crippen LogP contribution in [0.1, 0.15) is 39.5 Å². The molecule has 1 N–H and O–H groups in total. The Morgan fingerprint density at radius 2 is 1.77 bits per heavy atom. The molecule has 1 atom stereocenters. The van der Waals surface area contributed by atoms with Crippen LogP contribution in [-0.2, 0) is 14.8 Å². The SMILES string of the molecule is CCOc1ccc(S(=O)(=O)N2CCCCC2)cc1NC(=O)C(CC)Oc1ccccc1. The van der Waals surface area contributed by atoms with Crippen LogP contribution in [0.15, 0.2) is 53.4 Å². The van der Waals surface area contributed by atoms with Gasteiger partial charge in [-0.05, 0) is 56.5 Å². The van der Waals surface area contributed by atoms with E-state index in [0.717, 1.165) is 19.3 Å². The largest absolute Gasteiger partial charge is 0.492 e. The molecule has 8 heteroatoms. The van der Waals surface area contributed by atoms with Gasteiger partial charge in [-0.25, -0.2) is 8.42 Å². The lowest BCUT2D eigenvalue weighted by molar-refractivity contribution is -0.122. The van der Waals surface area contributed by atoms with Crippen LogP contribution >= 0.6 is 0 Å². The summed E-state index contributed by atoms with van der Waals surface area (Å²) in [5, 5.41) is 2.81. The van der Waals surface area contributed by atoms with Crippen molar-refractivity contribution in [3.05, 3.63) is 48.5 Å². The molecule has 1 saturated heterocycles. The van der Waals surface area contributed by atoms with E-state index in [2.05, 4.69) is 5.32 Å². The van der Waals surface area contributed by atoms with E-state index in [1.165, 1.54) is 16.4 Å². The van der Waals surface area contributed by atoms with Crippen molar-refractivity contribution in [3.8, 4) is 11.5 Å². The Hall–Kier alpha value is -2.58. The lowest BCUT2D eigenvalue weighted by Gasteiger charge is -2.26. The van der Waals surface area contributed by atoms with Crippen molar-refractivity contribution in [2.45, 2.75) is 50.5 Å². The van der Waals surface area contributed by atoms with Crippen molar-refractivity contribution in [2.24, 2.45) is 0 Å². The molecule has 2 aromatic rings. The smallest absolute Gasteiger partial charge is 0.265 e. The van der Waals surface area contributed by atoms with Gasteiger partial charge in [-0.15, -0.1) is 0 Å². The Morgan fingerprint density at radius 1 is 1.06 bits per heavy atom. The lowest BCUT2D eigenvalue weighted by Crippen LogP contribution is -2.35. The van der Waals surface area contributed by atoms with Gasteiger partial charge in [0.2, 0.25) is 10.0 Å². The fourth-order valence-corrected chi connectivity index (χ4v) is 5.05. The molecule has 1 unspecified atom stereocenters. The molecule has 0 aliphatic carbocycles. The summed E-state index contributed by atoms with van der Waals surface area (Å²) in [4.78, 5) is 13.1. The first kappa shape index (κ1) is 23.1. The minimum absolute atomic E-state index is 0.144. The van der Waals surface area contributed by atoms with Gasteiger partial charge in [0.05, 0.1) is 17.2 Å². The molecule has 1 aliphatic rings. The molecule has 3 rings (SSSR count). The highest BCUT2D eigenvalue weighted by Gasteiger charge is 2.27. The van der Waals surface area contributed by atoms with E-state index in [4.69, 9.17) is 9.47 Å². The predicted molar refractivity (Wildman–Crippen MR) is 120 cm³/mol. The summed E-state index contributed by atoms with van der Waals surface area (Å²) in [6.45, 7) is 5.10. The van der Waals surface area contributed by atoms with Crippen LogP contribution in [0.25, 0.3) is 0 Å². The molecule has 2 aromatic carbocycles. The number of hydrogen-bond acceptors (Lipinski definition) is 5. The number of anilines is 1. The number of para-hydroxylation sites is 1. The van der Waals surface area contributed by atoms with Crippen molar-refractivity contribution >= 4 is 21.6 Å². The van der Waals surface area contributed by atoms with E-state index in [0.29, 0.717) is 43.3 Å². The number of piperidine rings is 1. The van der Waals surface area contributed by atoms with E-state index in [1.807, 2.05) is 32.0 Å². The summed E-state index contributed by atoms with van der Waals surface area (Å²) in [6, 6.07) is 13.7. The molecule has 0 radical (unpaired) electrons. The van der Waals surface area contributed by atoms with E-state index < -0.39 is 16.1 Å². The van der Waals surface area contributed by atoms with Crippen LogP contribution in [0.5, 0.6) is 11.5 Å². The highest BCUT2D eigenvalue weighted by Crippen LogP contribution is 2.30. The monoisotopic (exact) mass is 446 g/mol. The number of amides is 1. The Balaban J connectivity index is 1.84. The van der Waals surface area contributed by atoms with Crippen LogP contribution in [0.4, 0.5) is 5.69 Å². The quantitative estimate of drug-likeness (QED) is 0.628. The van der Waals surface area contributed by atoms with Crippen molar-refractivity contribution < 1.29 is 22.7 Å². The van der Waals surface area contributed by atoms with Crippen molar-refractivity contribution in [3.63, 3.8) is 0 Å². The second-order valence-electron chi connectivity index (χ2n) is 7.37. The minimum atomic E-state index is -3.63. The number of rotatable bonds is 9. The lowest BCUT2D eigenvalue weighted by atomic mass is 10.2. The van der Waals surface area contributed by atoms with Gasteiger partial charge in [0, 0.05) is 13.1 Å². The van der Waals surface area contributed by atoms with Gasteiger partial charge in [0.15, 0.2) is 6.10 Å². The third-order valence-electron chi connectivity index (χ3n) is 5.15. The maximum Gasteiger partial charge on any atom is 0.265 e. The van der Waals surface area contributed by atoms with Gasteiger partial charge >= 0.3 is 0 Å². The molecule has 1 aliphatic heterocycles. The molecular weight excluding hydrogens is 416 g/mol. The fraction of sp³-hybridized carbons (Fsp3) is 0.435. The number of hydrogen-bond donors (Lipinski definition) is 1. The Morgan fingerprint density at radius 3 is 2.42 bits per heavy atom. The summed E-state index contributed by atoms with van der Waals surface area (Å²) in [5.41, 5.74) is 0.319. The first-order valence-corrected chi connectivity index (χ1v) is 12.2. The zero-order valence-electron chi connectivity index (χ0n) is 18.0. The summed E-state index contributed by atoms with van der Waals surface area (Å²) in [6.07, 6.45) is 2.48.